The van der Waals surface area contributed by atoms with Gasteiger partial charge in [-0.15, -0.1) is 0 Å². The Bertz CT molecular complexity index is 820. The van der Waals surface area contributed by atoms with Gasteiger partial charge in [0, 0.05) is 13.1 Å². The Balaban J connectivity index is 1.75. The first-order valence-electron chi connectivity index (χ1n) is 10.9. The molecule has 0 aliphatic heterocycles. The lowest BCUT2D eigenvalue weighted by Crippen LogP contribution is -2.34. The van der Waals surface area contributed by atoms with Crippen molar-refractivity contribution in [2.75, 3.05) is 7.05 Å². The number of carbonyl (C=O) groups is 1. The minimum Gasteiger partial charge on any atom is -0.473 e. The molecule has 0 bridgehead atoms. The van der Waals surface area contributed by atoms with Gasteiger partial charge in [-0.25, -0.2) is 9.48 Å². The zero-order valence-electron chi connectivity index (χ0n) is 18.9. The second kappa shape index (κ2) is 9.54. The van der Waals surface area contributed by atoms with Gasteiger partial charge in [-0.2, -0.15) is 5.10 Å². The summed E-state index contributed by atoms with van der Waals surface area (Å²) in [5.41, 5.74) is 1.40. The third kappa shape index (κ3) is 6.00. The molecule has 0 spiro atoms. The minimum absolute atomic E-state index is 0.263. The molecule has 0 N–H and O–H groups in total. The Labute approximate surface area is 180 Å². The molecule has 1 unspecified atom stereocenters. The molecule has 6 nitrogen and oxygen atoms in total. The van der Waals surface area contributed by atoms with Gasteiger partial charge >= 0.3 is 6.09 Å². The molecule has 1 aliphatic carbocycles. The maximum Gasteiger partial charge on any atom is 0.410 e. The third-order valence-corrected chi connectivity index (χ3v) is 5.55. The molecule has 3 rings (SSSR count). The highest BCUT2D eigenvalue weighted by atomic mass is 16.6. The number of carbonyl (C=O) groups excluding carboxylic acids is 1. The Morgan fingerprint density at radius 3 is 2.53 bits per heavy atom. The monoisotopic (exact) mass is 413 g/mol. The lowest BCUT2D eigenvalue weighted by Gasteiger charge is -2.24. The molecule has 6 heteroatoms. The fraction of sp³-hybridized carbons (Fsp3) is 0.583. The zero-order chi connectivity index (χ0) is 21.7. The average molecular weight is 414 g/mol. The van der Waals surface area contributed by atoms with Gasteiger partial charge in [-0.3, -0.25) is 0 Å². The number of benzene rings is 1. The van der Waals surface area contributed by atoms with E-state index in [-0.39, 0.29) is 12.1 Å². The number of ether oxygens (including phenoxy) is 2. The lowest BCUT2D eigenvalue weighted by atomic mass is 10.0. The van der Waals surface area contributed by atoms with Gasteiger partial charge < -0.3 is 14.4 Å². The van der Waals surface area contributed by atoms with Crippen LogP contribution in [0.1, 0.15) is 70.7 Å². The van der Waals surface area contributed by atoms with E-state index in [1.165, 1.54) is 25.7 Å². The summed E-state index contributed by atoms with van der Waals surface area (Å²) in [4.78, 5) is 13.9. The highest BCUT2D eigenvalue weighted by Gasteiger charge is 2.27. The molecular weight excluding hydrogens is 378 g/mol. The van der Waals surface area contributed by atoms with E-state index in [1.807, 2.05) is 49.7 Å². The van der Waals surface area contributed by atoms with Crippen LogP contribution < -0.4 is 4.74 Å². The van der Waals surface area contributed by atoms with Crippen molar-refractivity contribution < 1.29 is 14.3 Å². The first-order valence-corrected chi connectivity index (χ1v) is 10.9. The van der Waals surface area contributed by atoms with Crippen molar-refractivity contribution in [2.24, 2.45) is 5.92 Å². The predicted octanol–water partition coefficient (Wildman–Crippen LogP) is 5.58. The van der Waals surface area contributed by atoms with Crippen molar-refractivity contribution in [3.8, 4) is 5.88 Å². The number of hydrogen-bond acceptors (Lipinski definition) is 4. The van der Waals surface area contributed by atoms with Gasteiger partial charge in [0.2, 0.25) is 5.88 Å². The normalized spacial score (nSPS) is 15.8. The summed E-state index contributed by atoms with van der Waals surface area (Å²) in [5.74, 6) is 1.37. The van der Waals surface area contributed by atoms with E-state index in [0.717, 1.165) is 17.1 Å². The van der Waals surface area contributed by atoms with Gasteiger partial charge in [-0.05, 0) is 52.0 Å². The average Bonchev–Trinajstić information content (AvgIpc) is 3.35. The molecule has 1 heterocycles. The second-order valence-electron chi connectivity index (χ2n) is 9.31. The Kier molecular flexibility index (Phi) is 7.06. The van der Waals surface area contributed by atoms with E-state index in [9.17, 15) is 4.79 Å². The molecule has 1 saturated carbocycles. The van der Waals surface area contributed by atoms with Crippen LogP contribution in [0.25, 0.3) is 0 Å². The van der Waals surface area contributed by atoms with E-state index in [1.54, 1.807) is 11.9 Å². The Morgan fingerprint density at radius 1 is 1.23 bits per heavy atom. The van der Waals surface area contributed by atoms with Gasteiger partial charge in [0.15, 0.2) is 0 Å². The van der Waals surface area contributed by atoms with Gasteiger partial charge in [0.05, 0.1) is 18.3 Å². The summed E-state index contributed by atoms with van der Waals surface area (Å²) in [7, 11) is 1.73. The van der Waals surface area contributed by atoms with Crippen molar-refractivity contribution in [3.05, 3.63) is 47.7 Å². The summed E-state index contributed by atoms with van der Waals surface area (Å²) in [6.45, 7) is 8.69. The van der Waals surface area contributed by atoms with Gasteiger partial charge in [0.1, 0.15) is 12.2 Å². The molecule has 30 heavy (non-hydrogen) atoms. The van der Waals surface area contributed by atoms with Crippen molar-refractivity contribution in [3.63, 3.8) is 0 Å². The van der Waals surface area contributed by atoms with E-state index < -0.39 is 5.60 Å². The zero-order valence-corrected chi connectivity index (χ0v) is 18.9. The van der Waals surface area contributed by atoms with Gasteiger partial charge in [0.25, 0.3) is 0 Å². The summed E-state index contributed by atoms with van der Waals surface area (Å²) in [6.07, 6.45) is 4.67. The summed E-state index contributed by atoms with van der Waals surface area (Å²) in [5, 5.41) is 4.83. The number of hydrogen-bond donors (Lipinski definition) is 0. The Morgan fingerprint density at radius 2 is 1.90 bits per heavy atom. The van der Waals surface area contributed by atoms with Crippen molar-refractivity contribution in [2.45, 2.75) is 78.2 Å². The van der Waals surface area contributed by atoms with Crippen LogP contribution in [0.15, 0.2) is 36.4 Å². The second-order valence-corrected chi connectivity index (χ2v) is 9.31. The topological polar surface area (TPSA) is 56.6 Å². The molecule has 1 aromatic heterocycles. The van der Waals surface area contributed by atoms with E-state index >= 15 is 0 Å². The molecule has 0 radical (unpaired) electrons. The highest BCUT2D eigenvalue weighted by molar-refractivity contribution is 5.67. The van der Waals surface area contributed by atoms with Crippen LogP contribution in [0.2, 0.25) is 0 Å². The minimum atomic E-state index is -0.522. The van der Waals surface area contributed by atoms with Crippen molar-refractivity contribution in [1.82, 2.24) is 14.7 Å². The standard InChI is InChI=1S/C24H35N3O3/c1-18(20-13-9-10-14-20)27-22(29-17-19-11-7-6-8-12-19)15-21(25-27)16-26(5)23(28)30-24(2,3)4/h6-8,11-12,15,18,20H,9-10,13-14,16-17H2,1-5H3. The number of amides is 1. The van der Waals surface area contributed by atoms with Crippen LogP contribution in [0, 0.1) is 5.92 Å². The van der Waals surface area contributed by atoms with Gasteiger partial charge in [-0.1, -0.05) is 43.2 Å². The molecule has 1 aliphatic rings. The van der Waals surface area contributed by atoms with Crippen molar-refractivity contribution in [1.29, 1.82) is 0 Å². The summed E-state index contributed by atoms with van der Waals surface area (Å²) < 4.78 is 13.6. The fourth-order valence-corrected chi connectivity index (χ4v) is 3.92. The lowest BCUT2D eigenvalue weighted by molar-refractivity contribution is 0.0282. The highest BCUT2D eigenvalue weighted by Crippen LogP contribution is 2.36. The molecule has 2 aromatic rings. The largest absolute Gasteiger partial charge is 0.473 e. The maximum atomic E-state index is 12.3. The maximum absolute atomic E-state index is 12.3. The molecule has 1 aromatic carbocycles. The summed E-state index contributed by atoms with van der Waals surface area (Å²) >= 11 is 0. The van der Waals surface area contributed by atoms with E-state index in [0.29, 0.717) is 19.1 Å². The Hall–Kier alpha value is -2.50. The quantitative estimate of drug-likeness (QED) is 0.594. The predicted molar refractivity (Wildman–Crippen MR) is 117 cm³/mol. The fourth-order valence-electron chi connectivity index (χ4n) is 3.92. The number of rotatable bonds is 7. The molecule has 1 fully saturated rings. The van der Waals surface area contributed by atoms with Crippen LogP contribution in [0.5, 0.6) is 5.88 Å². The molecular formula is C24H35N3O3. The first kappa shape index (κ1) is 22.2. The smallest absolute Gasteiger partial charge is 0.410 e. The van der Waals surface area contributed by atoms with Crippen LogP contribution in [-0.2, 0) is 17.9 Å². The van der Waals surface area contributed by atoms with Crippen molar-refractivity contribution >= 4 is 6.09 Å². The van der Waals surface area contributed by atoms with Crippen LogP contribution in [0.3, 0.4) is 0 Å². The summed E-state index contributed by atoms with van der Waals surface area (Å²) in [6, 6.07) is 12.3. The first-order chi connectivity index (χ1) is 14.2. The molecule has 1 amide bonds. The third-order valence-electron chi connectivity index (χ3n) is 5.55. The van der Waals surface area contributed by atoms with E-state index in [2.05, 4.69) is 19.1 Å². The molecule has 164 valence electrons. The molecule has 0 saturated heterocycles. The van der Waals surface area contributed by atoms with Crippen LogP contribution in [-0.4, -0.2) is 33.4 Å². The number of nitrogens with zero attached hydrogens (tertiary/aromatic N) is 3. The van der Waals surface area contributed by atoms with Crippen LogP contribution in [0.4, 0.5) is 4.79 Å². The number of aromatic nitrogens is 2. The van der Waals surface area contributed by atoms with Crippen LogP contribution >= 0.6 is 0 Å². The SMILES string of the molecule is CC(C1CCCC1)n1nc(CN(C)C(=O)OC(C)(C)C)cc1OCc1ccccc1. The molecule has 1 atom stereocenters. The van der Waals surface area contributed by atoms with E-state index in [4.69, 9.17) is 14.6 Å².